The molecule has 0 saturated heterocycles. The number of carbonyl (C=O) groups excluding carboxylic acids is 2. The van der Waals surface area contributed by atoms with Crippen molar-refractivity contribution >= 4 is 33.3 Å². The zero-order valence-corrected chi connectivity index (χ0v) is 19.9. The number of hydrogen-bond donors (Lipinski definition) is 1. The first-order chi connectivity index (χ1) is 16.3. The number of hydrogen-bond acceptors (Lipinski definition) is 5. The Kier molecular flexibility index (Phi) is 6.70. The quantitative estimate of drug-likeness (QED) is 0.524. The van der Waals surface area contributed by atoms with Crippen LogP contribution >= 0.6 is 0 Å². The summed E-state index contributed by atoms with van der Waals surface area (Å²) in [6.45, 7) is 4.33. The van der Waals surface area contributed by atoms with Crippen molar-refractivity contribution in [3.63, 3.8) is 0 Å². The van der Waals surface area contributed by atoms with Crippen LogP contribution in [0.4, 0.5) is 11.4 Å². The minimum absolute atomic E-state index is 0.249. The van der Waals surface area contributed by atoms with Crippen molar-refractivity contribution in [1.82, 2.24) is 0 Å². The van der Waals surface area contributed by atoms with Crippen molar-refractivity contribution in [3.05, 3.63) is 89.0 Å². The molecule has 176 valence electrons. The highest BCUT2D eigenvalue weighted by molar-refractivity contribution is 7.92. The molecule has 0 aliphatic carbocycles. The van der Waals surface area contributed by atoms with Crippen molar-refractivity contribution < 1.29 is 22.7 Å². The first-order valence-corrected chi connectivity index (χ1v) is 12.5. The maximum Gasteiger partial charge on any atom is 0.338 e. The van der Waals surface area contributed by atoms with Crippen LogP contribution in [0.1, 0.15) is 45.2 Å². The standard InChI is InChI=1S/C26H26N2O5S/c1-3-33-26(30)19-8-11-22(12-9-19)27-25(29)21-10-15-24-20(17-21)5-4-16-28(24)34(31,32)23-13-6-18(2)7-14-23/h6-15,17H,3-5,16H2,1-2H3,(H,27,29). The third-order valence-electron chi connectivity index (χ3n) is 5.68. The first-order valence-electron chi connectivity index (χ1n) is 11.1. The number of fused-ring (bicyclic) bond motifs is 1. The van der Waals surface area contributed by atoms with Crippen LogP contribution in [0.3, 0.4) is 0 Å². The van der Waals surface area contributed by atoms with E-state index in [9.17, 15) is 18.0 Å². The zero-order chi connectivity index (χ0) is 24.3. The number of esters is 1. The van der Waals surface area contributed by atoms with E-state index >= 15 is 0 Å². The minimum Gasteiger partial charge on any atom is -0.462 e. The summed E-state index contributed by atoms with van der Waals surface area (Å²) < 4.78 is 32.9. The molecule has 1 amide bonds. The van der Waals surface area contributed by atoms with Gasteiger partial charge in [0, 0.05) is 17.8 Å². The van der Waals surface area contributed by atoms with E-state index in [0.717, 1.165) is 11.1 Å². The number of anilines is 2. The van der Waals surface area contributed by atoms with E-state index in [1.807, 2.05) is 6.92 Å². The Bertz CT molecular complexity index is 1320. The van der Waals surface area contributed by atoms with E-state index in [1.165, 1.54) is 4.31 Å². The summed E-state index contributed by atoms with van der Waals surface area (Å²) in [6.07, 6.45) is 1.35. The molecule has 8 heteroatoms. The topological polar surface area (TPSA) is 92.8 Å². The van der Waals surface area contributed by atoms with Gasteiger partial charge in [-0.1, -0.05) is 17.7 Å². The second kappa shape index (κ2) is 9.69. The summed E-state index contributed by atoms with van der Waals surface area (Å²) in [6, 6.07) is 18.3. The molecule has 3 aromatic carbocycles. The van der Waals surface area contributed by atoms with Crippen molar-refractivity contribution in [2.24, 2.45) is 0 Å². The lowest BCUT2D eigenvalue weighted by Crippen LogP contribution is -2.35. The van der Waals surface area contributed by atoms with E-state index in [4.69, 9.17) is 4.74 Å². The highest BCUT2D eigenvalue weighted by Crippen LogP contribution is 2.33. The molecule has 0 bridgehead atoms. The van der Waals surface area contributed by atoms with Crippen LogP contribution in [0, 0.1) is 6.92 Å². The SMILES string of the molecule is CCOC(=O)c1ccc(NC(=O)c2ccc3c(c2)CCCN3S(=O)(=O)c2ccc(C)cc2)cc1. The summed E-state index contributed by atoms with van der Waals surface area (Å²) in [5.74, 6) is -0.731. The van der Waals surface area contributed by atoms with Crippen molar-refractivity contribution in [2.75, 3.05) is 22.8 Å². The Hall–Kier alpha value is -3.65. The number of benzene rings is 3. The van der Waals surface area contributed by atoms with Gasteiger partial charge in [0.05, 0.1) is 22.8 Å². The van der Waals surface area contributed by atoms with E-state index in [-0.39, 0.29) is 10.8 Å². The Balaban J connectivity index is 1.53. The molecule has 0 aromatic heterocycles. The summed E-state index contributed by atoms with van der Waals surface area (Å²) in [5.41, 5.74) is 3.78. The Morgan fingerprint density at radius 2 is 1.65 bits per heavy atom. The molecule has 7 nitrogen and oxygen atoms in total. The fourth-order valence-corrected chi connectivity index (χ4v) is 5.44. The van der Waals surface area contributed by atoms with E-state index in [0.29, 0.717) is 48.5 Å². The minimum atomic E-state index is -3.69. The number of ether oxygens (including phenoxy) is 1. The van der Waals surface area contributed by atoms with Crippen LogP contribution in [0.5, 0.6) is 0 Å². The number of nitrogens with zero attached hydrogens (tertiary/aromatic N) is 1. The van der Waals surface area contributed by atoms with Gasteiger partial charge in [-0.2, -0.15) is 0 Å². The number of carbonyl (C=O) groups is 2. The van der Waals surface area contributed by atoms with Gasteiger partial charge in [0.2, 0.25) is 0 Å². The van der Waals surface area contributed by atoms with E-state index in [2.05, 4.69) is 5.32 Å². The summed E-state index contributed by atoms with van der Waals surface area (Å²) in [7, 11) is -3.69. The average Bonchev–Trinajstić information content (AvgIpc) is 2.84. The number of rotatable bonds is 6. The predicted octanol–water partition coefficient (Wildman–Crippen LogP) is 4.57. The summed E-state index contributed by atoms with van der Waals surface area (Å²) >= 11 is 0. The van der Waals surface area contributed by atoms with Gasteiger partial charge in [0.15, 0.2) is 0 Å². The number of nitrogens with one attached hydrogen (secondary N) is 1. The molecule has 0 saturated carbocycles. The maximum atomic E-state index is 13.3. The van der Waals surface area contributed by atoms with Crippen molar-refractivity contribution in [1.29, 1.82) is 0 Å². The van der Waals surface area contributed by atoms with Crippen LogP contribution in [0.15, 0.2) is 71.6 Å². The Morgan fingerprint density at radius 3 is 2.32 bits per heavy atom. The van der Waals surface area contributed by atoms with Gasteiger partial charge in [0.25, 0.3) is 15.9 Å². The molecule has 0 atom stereocenters. The third-order valence-corrected chi connectivity index (χ3v) is 7.51. The molecule has 0 unspecified atom stereocenters. The summed E-state index contributed by atoms with van der Waals surface area (Å²) in [5, 5.41) is 2.81. The molecule has 1 N–H and O–H groups in total. The molecule has 0 fully saturated rings. The van der Waals surface area contributed by atoms with Crippen LogP contribution in [0.25, 0.3) is 0 Å². The first kappa shape index (κ1) is 23.5. The molecule has 1 aliphatic heterocycles. The van der Waals surface area contributed by atoms with Gasteiger partial charge in [-0.05, 0) is 86.8 Å². The molecule has 0 spiro atoms. The van der Waals surface area contributed by atoms with Gasteiger partial charge < -0.3 is 10.1 Å². The second-order valence-corrected chi connectivity index (χ2v) is 9.95. The second-order valence-electron chi connectivity index (χ2n) is 8.09. The smallest absolute Gasteiger partial charge is 0.338 e. The van der Waals surface area contributed by atoms with Crippen molar-refractivity contribution in [2.45, 2.75) is 31.6 Å². The Morgan fingerprint density at radius 1 is 0.971 bits per heavy atom. The van der Waals surface area contributed by atoms with E-state index < -0.39 is 16.0 Å². The normalized spacial score (nSPS) is 13.2. The molecular formula is C26H26N2O5S. The molecule has 4 rings (SSSR count). The fourth-order valence-electron chi connectivity index (χ4n) is 3.90. The van der Waals surface area contributed by atoms with Gasteiger partial charge in [0.1, 0.15) is 0 Å². The number of amides is 1. The lowest BCUT2D eigenvalue weighted by atomic mass is 10.0. The highest BCUT2D eigenvalue weighted by atomic mass is 32.2. The van der Waals surface area contributed by atoms with E-state index in [1.54, 1.807) is 73.7 Å². The van der Waals surface area contributed by atoms with Crippen molar-refractivity contribution in [3.8, 4) is 0 Å². The zero-order valence-electron chi connectivity index (χ0n) is 19.1. The molecule has 1 aliphatic rings. The summed E-state index contributed by atoms with van der Waals surface area (Å²) in [4.78, 5) is 24.8. The van der Waals surface area contributed by atoms with Crippen LogP contribution in [0.2, 0.25) is 0 Å². The number of aryl methyl sites for hydroxylation is 2. The largest absolute Gasteiger partial charge is 0.462 e. The lowest BCUT2D eigenvalue weighted by molar-refractivity contribution is 0.0526. The Labute approximate surface area is 199 Å². The third kappa shape index (κ3) is 4.82. The molecule has 3 aromatic rings. The number of sulfonamides is 1. The van der Waals surface area contributed by atoms with Gasteiger partial charge >= 0.3 is 5.97 Å². The van der Waals surface area contributed by atoms with Gasteiger partial charge in [-0.15, -0.1) is 0 Å². The van der Waals surface area contributed by atoms with Crippen LogP contribution < -0.4 is 9.62 Å². The predicted molar refractivity (Wildman–Crippen MR) is 131 cm³/mol. The maximum absolute atomic E-state index is 13.3. The monoisotopic (exact) mass is 478 g/mol. The van der Waals surface area contributed by atoms with Gasteiger partial charge in [-0.25, -0.2) is 13.2 Å². The molecular weight excluding hydrogens is 452 g/mol. The lowest BCUT2D eigenvalue weighted by Gasteiger charge is -2.30. The van der Waals surface area contributed by atoms with Crippen LogP contribution in [-0.4, -0.2) is 33.4 Å². The fraction of sp³-hybridized carbons (Fsp3) is 0.231. The highest BCUT2D eigenvalue weighted by Gasteiger charge is 2.29. The average molecular weight is 479 g/mol. The molecule has 0 radical (unpaired) electrons. The molecule has 1 heterocycles. The van der Waals surface area contributed by atoms with Gasteiger partial charge in [-0.3, -0.25) is 9.10 Å². The van der Waals surface area contributed by atoms with Crippen LogP contribution in [-0.2, 0) is 21.2 Å². The molecule has 34 heavy (non-hydrogen) atoms.